The largest absolute Gasteiger partial charge is 0.496 e. The third kappa shape index (κ3) is 2.88. The zero-order valence-corrected chi connectivity index (χ0v) is 13.7. The number of aryl methyl sites for hydroxylation is 1. The fourth-order valence-electron chi connectivity index (χ4n) is 2.00. The Morgan fingerprint density at radius 2 is 2.10 bits per heavy atom. The fourth-order valence-corrected chi connectivity index (χ4v) is 2.50. The molecule has 0 N–H and O–H groups in total. The number of nitrogens with zero attached hydrogens (tertiary/aromatic N) is 2. The van der Waals surface area contributed by atoms with Crippen LogP contribution in [0, 0.1) is 13.8 Å². The summed E-state index contributed by atoms with van der Waals surface area (Å²) in [6.45, 7) is 4.03. The minimum Gasteiger partial charge on any atom is -0.496 e. The molecular formula is C14H14BrClN2O2. The van der Waals surface area contributed by atoms with Crippen molar-refractivity contribution in [1.82, 2.24) is 9.55 Å². The van der Waals surface area contributed by atoms with Gasteiger partial charge in [-0.1, -0.05) is 11.6 Å². The monoisotopic (exact) mass is 356 g/mol. The average Bonchev–Trinajstić information content (AvgIpc) is 2.41. The van der Waals surface area contributed by atoms with Gasteiger partial charge in [0.15, 0.2) is 0 Å². The smallest absolute Gasteiger partial charge is 0.348 e. The van der Waals surface area contributed by atoms with Crippen molar-refractivity contribution in [2.24, 2.45) is 0 Å². The summed E-state index contributed by atoms with van der Waals surface area (Å²) in [5, 5.41) is 0.602. The minimum absolute atomic E-state index is 0.287. The van der Waals surface area contributed by atoms with Crippen molar-refractivity contribution < 1.29 is 4.74 Å². The Balaban J connectivity index is 2.53. The van der Waals surface area contributed by atoms with E-state index in [0.29, 0.717) is 23.0 Å². The van der Waals surface area contributed by atoms with Gasteiger partial charge in [0.2, 0.25) is 0 Å². The Bertz CT molecular complexity index is 713. The molecule has 0 amide bonds. The topological polar surface area (TPSA) is 44.1 Å². The van der Waals surface area contributed by atoms with Crippen LogP contribution < -0.4 is 10.4 Å². The molecule has 0 saturated carbocycles. The minimum atomic E-state index is -0.287. The second kappa shape index (κ2) is 5.97. The lowest BCUT2D eigenvalue weighted by molar-refractivity contribution is 0.407. The quantitative estimate of drug-likeness (QED) is 0.846. The zero-order chi connectivity index (χ0) is 14.9. The van der Waals surface area contributed by atoms with E-state index in [4.69, 9.17) is 16.3 Å². The maximum absolute atomic E-state index is 12.1. The molecule has 2 rings (SSSR count). The lowest BCUT2D eigenvalue weighted by Gasteiger charge is -2.14. The molecule has 2 aromatic rings. The molecule has 0 spiro atoms. The van der Waals surface area contributed by atoms with E-state index in [9.17, 15) is 4.79 Å². The van der Waals surface area contributed by atoms with Crippen LogP contribution in [-0.2, 0) is 6.54 Å². The third-order valence-electron chi connectivity index (χ3n) is 3.11. The van der Waals surface area contributed by atoms with Crippen molar-refractivity contribution in [3.63, 3.8) is 0 Å². The SMILES string of the molecule is COc1ccc(Cl)cc1Cn1c(C)c(Br)c(C)nc1=O. The van der Waals surface area contributed by atoms with Crippen LogP contribution in [0.4, 0.5) is 0 Å². The molecule has 0 unspecified atom stereocenters. The number of halogens is 2. The van der Waals surface area contributed by atoms with Crippen molar-refractivity contribution >= 4 is 27.5 Å². The van der Waals surface area contributed by atoms with Gasteiger partial charge in [-0.2, -0.15) is 4.98 Å². The standard InChI is InChI=1S/C14H14BrClN2O2/c1-8-13(15)9(2)18(14(19)17-8)7-10-6-11(16)4-5-12(10)20-3/h4-6H,7H2,1-3H3. The van der Waals surface area contributed by atoms with Crippen LogP contribution in [-0.4, -0.2) is 16.7 Å². The summed E-state index contributed by atoms with van der Waals surface area (Å²) in [6, 6.07) is 5.33. The predicted octanol–water partition coefficient (Wildman–Crippen LogP) is 3.33. The average molecular weight is 358 g/mol. The molecule has 20 heavy (non-hydrogen) atoms. The van der Waals surface area contributed by atoms with Crippen LogP contribution in [0.25, 0.3) is 0 Å². The fraction of sp³-hybridized carbons (Fsp3) is 0.286. The summed E-state index contributed by atoms with van der Waals surface area (Å²) >= 11 is 9.46. The molecule has 0 saturated heterocycles. The van der Waals surface area contributed by atoms with Crippen LogP contribution in [0.15, 0.2) is 27.5 Å². The summed E-state index contributed by atoms with van der Waals surface area (Å²) < 4.78 is 7.72. The van der Waals surface area contributed by atoms with E-state index in [2.05, 4.69) is 20.9 Å². The first kappa shape index (κ1) is 15.1. The molecule has 4 nitrogen and oxygen atoms in total. The Morgan fingerprint density at radius 3 is 2.75 bits per heavy atom. The summed E-state index contributed by atoms with van der Waals surface area (Å²) in [5.74, 6) is 0.692. The molecule has 0 radical (unpaired) electrons. The first-order chi connectivity index (χ1) is 9.43. The summed E-state index contributed by atoms with van der Waals surface area (Å²) in [5.41, 5.74) is 2.05. The van der Waals surface area contributed by atoms with E-state index < -0.39 is 0 Å². The molecule has 6 heteroatoms. The lowest BCUT2D eigenvalue weighted by atomic mass is 10.2. The molecule has 0 aliphatic carbocycles. The van der Waals surface area contributed by atoms with Crippen molar-refractivity contribution in [2.75, 3.05) is 7.11 Å². The normalized spacial score (nSPS) is 10.7. The highest BCUT2D eigenvalue weighted by atomic mass is 79.9. The second-order valence-corrected chi connectivity index (χ2v) is 5.65. The number of benzene rings is 1. The highest BCUT2D eigenvalue weighted by molar-refractivity contribution is 9.10. The Morgan fingerprint density at radius 1 is 1.40 bits per heavy atom. The maximum atomic E-state index is 12.1. The van der Waals surface area contributed by atoms with Gasteiger partial charge in [0.05, 0.1) is 23.8 Å². The molecule has 0 aliphatic heterocycles. The van der Waals surface area contributed by atoms with Crippen LogP contribution in [0.2, 0.25) is 5.02 Å². The number of hydrogen-bond acceptors (Lipinski definition) is 3. The van der Waals surface area contributed by atoms with E-state index in [0.717, 1.165) is 15.7 Å². The van der Waals surface area contributed by atoms with Crippen LogP contribution in [0.3, 0.4) is 0 Å². The number of rotatable bonds is 3. The van der Waals surface area contributed by atoms with Gasteiger partial charge in [0, 0.05) is 16.3 Å². The molecular weight excluding hydrogens is 344 g/mol. The van der Waals surface area contributed by atoms with Crippen LogP contribution >= 0.6 is 27.5 Å². The van der Waals surface area contributed by atoms with Gasteiger partial charge in [-0.15, -0.1) is 0 Å². The van der Waals surface area contributed by atoms with E-state index in [1.165, 1.54) is 0 Å². The van der Waals surface area contributed by atoms with E-state index in [1.807, 2.05) is 6.92 Å². The van der Waals surface area contributed by atoms with E-state index in [-0.39, 0.29) is 5.69 Å². The van der Waals surface area contributed by atoms with E-state index in [1.54, 1.807) is 36.8 Å². The molecule has 0 atom stereocenters. The predicted molar refractivity (Wildman–Crippen MR) is 82.8 cm³/mol. The Hall–Kier alpha value is -1.33. The first-order valence-electron chi connectivity index (χ1n) is 6.00. The molecule has 0 aliphatic rings. The van der Waals surface area contributed by atoms with Gasteiger partial charge in [-0.3, -0.25) is 4.57 Å². The molecule has 0 fully saturated rings. The molecule has 1 aromatic carbocycles. The molecule has 106 valence electrons. The maximum Gasteiger partial charge on any atom is 0.348 e. The third-order valence-corrected chi connectivity index (χ3v) is 4.49. The lowest BCUT2D eigenvalue weighted by Crippen LogP contribution is -2.27. The summed E-state index contributed by atoms with van der Waals surface area (Å²) in [4.78, 5) is 16.1. The number of hydrogen-bond donors (Lipinski definition) is 0. The second-order valence-electron chi connectivity index (χ2n) is 4.42. The Labute approximate surface area is 130 Å². The molecule has 1 aromatic heterocycles. The highest BCUT2D eigenvalue weighted by Crippen LogP contribution is 2.24. The van der Waals surface area contributed by atoms with Crippen molar-refractivity contribution in [1.29, 1.82) is 0 Å². The van der Waals surface area contributed by atoms with Crippen molar-refractivity contribution in [3.05, 3.63) is 55.1 Å². The van der Waals surface area contributed by atoms with E-state index >= 15 is 0 Å². The molecule has 1 heterocycles. The molecule has 0 bridgehead atoms. The van der Waals surface area contributed by atoms with Crippen LogP contribution in [0.1, 0.15) is 17.0 Å². The number of ether oxygens (including phenoxy) is 1. The van der Waals surface area contributed by atoms with Gasteiger partial charge < -0.3 is 4.74 Å². The summed E-state index contributed by atoms with van der Waals surface area (Å²) in [7, 11) is 1.59. The zero-order valence-electron chi connectivity index (χ0n) is 11.4. The van der Waals surface area contributed by atoms with Crippen molar-refractivity contribution in [2.45, 2.75) is 20.4 Å². The summed E-state index contributed by atoms with van der Waals surface area (Å²) in [6.07, 6.45) is 0. The Kier molecular flexibility index (Phi) is 4.50. The van der Waals surface area contributed by atoms with Gasteiger partial charge in [0.1, 0.15) is 5.75 Å². The number of methoxy groups -OCH3 is 1. The number of aromatic nitrogens is 2. The first-order valence-corrected chi connectivity index (χ1v) is 7.17. The van der Waals surface area contributed by atoms with Gasteiger partial charge in [0.25, 0.3) is 0 Å². The van der Waals surface area contributed by atoms with Gasteiger partial charge in [-0.25, -0.2) is 4.79 Å². The highest BCUT2D eigenvalue weighted by Gasteiger charge is 2.12. The van der Waals surface area contributed by atoms with Crippen molar-refractivity contribution in [3.8, 4) is 5.75 Å². The van der Waals surface area contributed by atoms with Crippen LogP contribution in [0.5, 0.6) is 5.75 Å². The van der Waals surface area contributed by atoms with Gasteiger partial charge >= 0.3 is 5.69 Å². The van der Waals surface area contributed by atoms with Gasteiger partial charge in [-0.05, 0) is 48.0 Å².